The number of aryl methyl sites for hydroxylation is 1. The van der Waals surface area contributed by atoms with Crippen molar-refractivity contribution in [2.45, 2.75) is 38.0 Å². The lowest BCUT2D eigenvalue weighted by Crippen LogP contribution is -2.32. The van der Waals surface area contributed by atoms with E-state index < -0.39 is 0 Å². The Kier molecular flexibility index (Phi) is 3.08. The SMILES string of the molecule is Cc1cc(C2(CN)CCCC2)cc(C#N)c1O. The fourth-order valence-electron chi connectivity index (χ4n) is 2.83. The molecule has 0 radical (unpaired) electrons. The van der Waals surface area contributed by atoms with Crippen LogP contribution in [0.1, 0.15) is 42.4 Å². The highest BCUT2D eigenvalue weighted by molar-refractivity contribution is 5.51. The zero-order valence-electron chi connectivity index (χ0n) is 10.2. The van der Waals surface area contributed by atoms with Crippen molar-refractivity contribution in [2.24, 2.45) is 5.73 Å². The largest absolute Gasteiger partial charge is 0.506 e. The molecule has 0 atom stereocenters. The molecule has 0 aromatic heterocycles. The fraction of sp³-hybridized carbons (Fsp3) is 0.500. The topological polar surface area (TPSA) is 70.0 Å². The molecule has 0 heterocycles. The van der Waals surface area contributed by atoms with Crippen molar-refractivity contribution in [2.75, 3.05) is 6.54 Å². The van der Waals surface area contributed by atoms with Gasteiger partial charge in [0.05, 0.1) is 5.56 Å². The van der Waals surface area contributed by atoms with Crippen LogP contribution >= 0.6 is 0 Å². The highest BCUT2D eigenvalue weighted by Crippen LogP contribution is 2.42. The summed E-state index contributed by atoms with van der Waals surface area (Å²) in [7, 11) is 0. The number of hydrogen-bond donors (Lipinski definition) is 2. The van der Waals surface area contributed by atoms with Crippen LogP contribution in [0, 0.1) is 18.3 Å². The second kappa shape index (κ2) is 4.38. The summed E-state index contributed by atoms with van der Waals surface area (Å²) in [6.45, 7) is 2.45. The van der Waals surface area contributed by atoms with Crippen LogP contribution in [0.15, 0.2) is 12.1 Å². The van der Waals surface area contributed by atoms with E-state index in [9.17, 15) is 5.11 Å². The summed E-state index contributed by atoms with van der Waals surface area (Å²) in [6.07, 6.45) is 4.55. The lowest BCUT2D eigenvalue weighted by Gasteiger charge is -2.28. The summed E-state index contributed by atoms with van der Waals surface area (Å²) in [5.74, 6) is 0.0985. The van der Waals surface area contributed by atoms with E-state index in [-0.39, 0.29) is 11.2 Å². The van der Waals surface area contributed by atoms with E-state index in [0.29, 0.717) is 12.1 Å². The minimum atomic E-state index is 0.0179. The van der Waals surface area contributed by atoms with Gasteiger partial charge in [-0.15, -0.1) is 0 Å². The average Bonchev–Trinajstić information content (AvgIpc) is 2.82. The van der Waals surface area contributed by atoms with Crippen LogP contribution in [0.4, 0.5) is 0 Å². The minimum Gasteiger partial charge on any atom is -0.506 e. The molecule has 3 heteroatoms. The van der Waals surface area contributed by atoms with Gasteiger partial charge in [-0.25, -0.2) is 0 Å². The highest BCUT2D eigenvalue weighted by atomic mass is 16.3. The lowest BCUT2D eigenvalue weighted by atomic mass is 9.78. The molecule has 17 heavy (non-hydrogen) atoms. The maximum atomic E-state index is 9.77. The Hall–Kier alpha value is -1.53. The molecular formula is C14H18N2O. The van der Waals surface area contributed by atoms with Crippen LogP contribution in [0.3, 0.4) is 0 Å². The van der Waals surface area contributed by atoms with Gasteiger partial charge >= 0.3 is 0 Å². The van der Waals surface area contributed by atoms with E-state index in [1.54, 1.807) is 6.07 Å². The molecule has 0 bridgehead atoms. The maximum absolute atomic E-state index is 9.77. The van der Waals surface area contributed by atoms with Gasteiger partial charge < -0.3 is 10.8 Å². The molecule has 1 aliphatic carbocycles. The Morgan fingerprint density at radius 2 is 2.06 bits per heavy atom. The Bertz CT molecular complexity index is 468. The van der Waals surface area contributed by atoms with Crippen molar-refractivity contribution < 1.29 is 5.11 Å². The number of nitriles is 1. The van der Waals surface area contributed by atoms with Gasteiger partial charge in [-0.05, 0) is 37.0 Å². The molecule has 0 spiro atoms. The van der Waals surface area contributed by atoms with E-state index in [0.717, 1.165) is 24.0 Å². The molecule has 0 aliphatic heterocycles. The Balaban J connectivity index is 2.52. The van der Waals surface area contributed by atoms with Crippen LogP contribution in [0.5, 0.6) is 5.75 Å². The second-order valence-corrected chi connectivity index (χ2v) is 4.99. The molecule has 2 rings (SSSR count). The Morgan fingerprint density at radius 3 is 2.59 bits per heavy atom. The molecule has 3 nitrogen and oxygen atoms in total. The number of benzene rings is 1. The van der Waals surface area contributed by atoms with E-state index in [1.807, 2.05) is 13.0 Å². The van der Waals surface area contributed by atoms with Gasteiger partial charge in [-0.3, -0.25) is 0 Å². The number of nitrogens with two attached hydrogens (primary N) is 1. The van der Waals surface area contributed by atoms with Crippen molar-refractivity contribution in [3.63, 3.8) is 0 Å². The number of phenols is 1. The molecule has 0 amide bonds. The first-order valence-corrected chi connectivity index (χ1v) is 6.07. The van der Waals surface area contributed by atoms with E-state index >= 15 is 0 Å². The second-order valence-electron chi connectivity index (χ2n) is 4.99. The van der Waals surface area contributed by atoms with Gasteiger partial charge in [0.15, 0.2) is 0 Å². The number of nitrogens with zero attached hydrogens (tertiary/aromatic N) is 1. The molecule has 3 N–H and O–H groups in total. The van der Waals surface area contributed by atoms with E-state index in [4.69, 9.17) is 11.0 Å². The predicted octanol–water partition coefficient (Wildman–Crippen LogP) is 2.34. The summed E-state index contributed by atoms with van der Waals surface area (Å²) in [4.78, 5) is 0. The predicted molar refractivity (Wildman–Crippen MR) is 66.8 cm³/mol. The number of phenolic OH excluding ortho intramolecular Hbond substituents is 1. The zero-order chi connectivity index (χ0) is 12.5. The minimum absolute atomic E-state index is 0.0179. The van der Waals surface area contributed by atoms with E-state index in [2.05, 4.69) is 6.07 Å². The molecule has 1 saturated carbocycles. The molecule has 1 fully saturated rings. The molecule has 1 aromatic rings. The first kappa shape index (κ1) is 11.9. The molecule has 1 aliphatic rings. The quantitative estimate of drug-likeness (QED) is 0.819. The van der Waals surface area contributed by atoms with Gasteiger partial charge in [0.1, 0.15) is 11.8 Å². The fourth-order valence-corrected chi connectivity index (χ4v) is 2.83. The number of aromatic hydroxyl groups is 1. The van der Waals surface area contributed by atoms with Crippen molar-refractivity contribution in [1.82, 2.24) is 0 Å². The molecule has 1 aromatic carbocycles. The van der Waals surface area contributed by atoms with Crippen LogP contribution in [0.25, 0.3) is 0 Å². The third-order valence-electron chi connectivity index (χ3n) is 3.98. The van der Waals surface area contributed by atoms with Crippen molar-refractivity contribution in [3.8, 4) is 11.8 Å². The lowest BCUT2D eigenvalue weighted by molar-refractivity contribution is 0.446. The standard InChI is InChI=1S/C14H18N2O/c1-10-6-12(7-11(8-15)13(10)17)14(9-16)4-2-3-5-14/h6-7,17H,2-5,9,16H2,1H3. The van der Waals surface area contributed by atoms with Gasteiger partial charge in [-0.2, -0.15) is 5.26 Å². The van der Waals surface area contributed by atoms with E-state index in [1.165, 1.54) is 12.8 Å². The normalized spacial score (nSPS) is 17.9. The van der Waals surface area contributed by atoms with Gasteiger partial charge in [0.25, 0.3) is 0 Å². The Morgan fingerprint density at radius 1 is 1.41 bits per heavy atom. The van der Waals surface area contributed by atoms with Crippen LogP contribution < -0.4 is 5.73 Å². The van der Waals surface area contributed by atoms with Crippen LogP contribution in [-0.4, -0.2) is 11.7 Å². The number of rotatable bonds is 2. The van der Waals surface area contributed by atoms with Crippen molar-refractivity contribution >= 4 is 0 Å². The van der Waals surface area contributed by atoms with Gasteiger partial charge in [-0.1, -0.05) is 18.9 Å². The maximum Gasteiger partial charge on any atom is 0.136 e. The summed E-state index contributed by atoms with van der Waals surface area (Å²) in [5, 5.41) is 18.8. The van der Waals surface area contributed by atoms with Gasteiger partial charge in [0.2, 0.25) is 0 Å². The monoisotopic (exact) mass is 230 g/mol. The van der Waals surface area contributed by atoms with Crippen molar-refractivity contribution in [3.05, 3.63) is 28.8 Å². The summed E-state index contributed by atoms with van der Waals surface area (Å²) in [6, 6.07) is 5.84. The third kappa shape index (κ3) is 1.89. The summed E-state index contributed by atoms with van der Waals surface area (Å²) in [5.41, 5.74) is 8.19. The molecule has 0 saturated heterocycles. The number of hydrogen-bond acceptors (Lipinski definition) is 3. The summed E-state index contributed by atoms with van der Waals surface area (Å²) < 4.78 is 0. The van der Waals surface area contributed by atoms with Crippen molar-refractivity contribution in [1.29, 1.82) is 5.26 Å². The van der Waals surface area contributed by atoms with Crippen LogP contribution in [-0.2, 0) is 5.41 Å². The molecule has 0 unspecified atom stereocenters. The highest BCUT2D eigenvalue weighted by Gasteiger charge is 2.34. The third-order valence-corrected chi connectivity index (χ3v) is 3.98. The smallest absolute Gasteiger partial charge is 0.136 e. The average molecular weight is 230 g/mol. The van der Waals surface area contributed by atoms with Crippen LogP contribution in [0.2, 0.25) is 0 Å². The first-order chi connectivity index (χ1) is 8.13. The zero-order valence-corrected chi connectivity index (χ0v) is 10.2. The first-order valence-electron chi connectivity index (χ1n) is 6.07. The molecule has 90 valence electrons. The molecular weight excluding hydrogens is 212 g/mol. The summed E-state index contributed by atoms with van der Waals surface area (Å²) >= 11 is 0. The Labute approximate surface area is 102 Å². The van der Waals surface area contributed by atoms with Gasteiger partial charge in [0, 0.05) is 12.0 Å².